The van der Waals surface area contributed by atoms with E-state index in [4.69, 9.17) is 50.9 Å². The second kappa shape index (κ2) is 28.0. The molecule has 3 saturated heterocycles. The highest BCUT2D eigenvalue weighted by molar-refractivity contribution is 6.32. The van der Waals surface area contributed by atoms with Crippen LogP contribution in [0, 0.1) is 34.0 Å². The van der Waals surface area contributed by atoms with Crippen LogP contribution in [0.25, 0.3) is 32.7 Å². The predicted octanol–water partition coefficient (Wildman–Crippen LogP) is 8.74. The molecule has 3 fully saturated rings. The number of aromatic nitrogens is 4. The fourth-order valence-electron chi connectivity index (χ4n) is 11.6. The normalized spacial score (nSPS) is 14.1. The van der Waals surface area contributed by atoms with Crippen molar-refractivity contribution in [1.29, 1.82) is 15.8 Å². The Morgan fingerprint density at radius 1 is 0.484 bits per heavy atom. The first kappa shape index (κ1) is 64.3. The number of benzene rings is 5. The molecule has 9 aromatic rings. The number of aryl methyl sites for hydroxylation is 2. The van der Waals surface area contributed by atoms with E-state index in [0.717, 1.165) is 27.2 Å². The van der Waals surface area contributed by atoms with E-state index in [1.807, 2.05) is 70.1 Å². The summed E-state index contributed by atoms with van der Waals surface area (Å²) in [4.78, 5) is 90.0. The Bertz CT molecular complexity index is 4590. The summed E-state index contributed by atoms with van der Waals surface area (Å²) in [5.74, 6) is -0.130. The third kappa shape index (κ3) is 13.5. The molecular formula is C66H60Cl4N14O7. The molecule has 0 N–H and O–H groups in total. The van der Waals surface area contributed by atoms with Crippen LogP contribution in [0.4, 0.5) is 17.1 Å². The Kier molecular flexibility index (Phi) is 19.8. The molecule has 3 aliphatic rings. The van der Waals surface area contributed by atoms with Crippen LogP contribution in [0.2, 0.25) is 20.1 Å². The summed E-state index contributed by atoms with van der Waals surface area (Å²) in [5, 5.41) is 37.4. The molecule has 0 atom stereocenters. The maximum Gasteiger partial charge on any atom is 0.292 e. The lowest BCUT2D eigenvalue weighted by Crippen LogP contribution is -2.49. The van der Waals surface area contributed by atoms with Gasteiger partial charge in [-0.1, -0.05) is 69.8 Å². The Morgan fingerprint density at radius 3 is 1.30 bits per heavy atom. The van der Waals surface area contributed by atoms with Crippen molar-refractivity contribution in [1.82, 2.24) is 38.5 Å². The number of fused-ring (bicyclic) bond motifs is 3. The fourth-order valence-corrected chi connectivity index (χ4v) is 12.2. The third-order valence-corrected chi connectivity index (χ3v) is 17.4. The van der Waals surface area contributed by atoms with E-state index in [-0.39, 0.29) is 56.8 Å². The number of hydrogen-bond donors (Lipinski definition) is 0. The average Bonchev–Trinajstić information content (AvgIpc) is 0.868. The van der Waals surface area contributed by atoms with Crippen molar-refractivity contribution in [2.24, 2.45) is 14.1 Å². The molecule has 25 heteroatoms. The maximum absolute atomic E-state index is 13.3. The van der Waals surface area contributed by atoms with Gasteiger partial charge in [0.2, 0.25) is 5.76 Å². The molecule has 12 rings (SSSR count). The lowest BCUT2D eigenvalue weighted by molar-refractivity contribution is 0.0703. The average molecular weight is 1300 g/mol. The first-order valence-electron chi connectivity index (χ1n) is 29.0. The summed E-state index contributed by atoms with van der Waals surface area (Å²) in [6.45, 7) is 6.98. The van der Waals surface area contributed by atoms with Gasteiger partial charge in [-0.2, -0.15) is 15.8 Å². The Morgan fingerprint density at radius 2 is 0.868 bits per heavy atom. The summed E-state index contributed by atoms with van der Waals surface area (Å²) < 4.78 is 9.56. The highest BCUT2D eigenvalue weighted by Gasteiger charge is 2.31. The van der Waals surface area contributed by atoms with E-state index in [9.17, 15) is 44.6 Å². The maximum atomic E-state index is 13.3. The van der Waals surface area contributed by atoms with Crippen LogP contribution in [-0.2, 0) is 20.6 Å². The van der Waals surface area contributed by atoms with Gasteiger partial charge in [-0.15, -0.1) is 0 Å². The monoisotopic (exact) mass is 1300 g/mol. The number of carbonyl (C=O) groups excluding carboxylic acids is 3. The van der Waals surface area contributed by atoms with Crippen LogP contribution in [-0.4, -0.2) is 155 Å². The predicted molar refractivity (Wildman–Crippen MR) is 353 cm³/mol. The van der Waals surface area contributed by atoms with Crippen molar-refractivity contribution in [2.45, 2.75) is 6.54 Å². The molecule has 464 valence electrons. The number of para-hydroxylation sites is 1. The van der Waals surface area contributed by atoms with Crippen LogP contribution in [0.5, 0.6) is 0 Å². The molecule has 0 unspecified atom stereocenters. The number of carbonyl (C=O) groups is 3. The summed E-state index contributed by atoms with van der Waals surface area (Å²) in [5.41, 5.74) is 4.54. The largest absolute Gasteiger partial charge is 0.366 e. The summed E-state index contributed by atoms with van der Waals surface area (Å²) in [6.07, 6.45) is 1.44. The van der Waals surface area contributed by atoms with Crippen molar-refractivity contribution in [3.8, 4) is 18.2 Å². The molecule has 3 amide bonds. The van der Waals surface area contributed by atoms with Gasteiger partial charge < -0.3 is 52.5 Å². The summed E-state index contributed by atoms with van der Waals surface area (Å²) >= 11 is 24.4. The van der Waals surface area contributed by atoms with Crippen LogP contribution in [0.1, 0.15) is 48.0 Å². The number of nitrogens with zero attached hydrogens (tertiary/aromatic N) is 14. The van der Waals surface area contributed by atoms with Gasteiger partial charge in [-0.3, -0.25) is 28.8 Å². The molecule has 21 nitrogen and oxygen atoms in total. The van der Waals surface area contributed by atoms with Gasteiger partial charge in [-0.05, 0) is 105 Å². The van der Waals surface area contributed by atoms with Crippen LogP contribution >= 0.6 is 46.4 Å². The van der Waals surface area contributed by atoms with Gasteiger partial charge in [0.05, 0.1) is 39.8 Å². The third-order valence-electron chi connectivity index (χ3n) is 16.4. The topological polar surface area (TPSA) is 237 Å². The Hall–Kier alpha value is -9.66. The zero-order valence-electron chi connectivity index (χ0n) is 50.1. The molecule has 0 aliphatic carbocycles. The first-order valence-corrected chi connectivity index (χ1v) is 30.5. The highest BCUT2D eigenvalue weighted by Crippen LogP contribution is 2.35. The summed E-state index contributed by atoms with van der Waals surface area (Å²) in [6, 6.07) is 39.7. The molecule has 0 bridgehead atoms. The zero-order chi connectivity index (χ0) is 64.8. The van der Waals surface area contributed by atoms with E-state index < -0.39 is 0 Å². The Balaban J connectivity index is 0.000000151. The number of nitriles is 3. The molecule has 91 heavy (non-hydrogen) atoms. The highest BCUT2D eigenvalue weighted by atomic mass is 35.5. The van der Waals surface area contributed by atoms with Gasteiger partial charge in [0, 0.05) is 159 Å². The van der Waals surface area contributed by atoms with E-state index >= 15 is 0 Å². The smallest absolute Gasteiger partial charge is 0.292 e. The van der Waals surface area contributed by atoms with E-state index in [0.29, 0.717) is 145 Å². The van der Waals surface area contributed by atoms with Gasteiger partial charge in [0.1, 0.15) is 34.9 Å². The quantitative estimate of drug-likeness (QED) is 0.131. The van der Waals surface area contributed by atoms with Crippen molar-refractivity contribution < 1.29 is 18.9 Å². The number of amides is 3. The van der Waals surface area contributed by atoms with E-state index in [1.165, 1.54) is 21.4 Å². The number of hydrogen-bond acceptors (Lipinski definition) is 15. The number of likely N-dealkylation sites (N-methyl/N-ethyl adjacent to an activating group) is 1. The molecule has 3 aliphatic heterocycles. The van der Waals surface area contributed by atoms with Crippen LogP contribution in [0.3, 0.4) is 0 Å². The molecule has 0 radical (unpaired) electrons. The lowest BCUT2D eigenvalue weighted by atomic mass is 10.1. The number of halogens is 4. The first-order chi connectivity index (χ1) is 43.8. The minimum atomic E-state index is -0.345. The van der Waals surface area contributed by atoms with Gasteiger partial charge in [-0.25, -0.2) is 0 Å². The van der Waals surface area contributed by atoms with Crippen molar-refractivity contribution in [3.63, 3.8) is 0 Å². The molecule has 5 aromatic carbocycles. The lowest BCUT2D eigenvalue weighted by Gasteiger charge is -2.37. The second-order valence-corrected chi connectivity index (χ2v) is 23.8. The number of pyridine rings is 3. The summed E-state index contributed by atoms with van der Waals surface area (Å²) in [7, 11) is 7.19. The Labute approximate surface area is 542 Å². The minimum absolute atomic E-state index is 0.0659. The van der Waals surface area contributed by atoms with Crippen LogP contribution < -0.4 is 31.4 Å². The molecule has 0 saturated carbocycles. The zero-order valence-corrected chi connectivity index (χ0v) is 53.1. The number of piperazine rings is 3. The molecule has 7 heterocycles. The molecule has 0 spiro atoms. The second-order valence-electron chi connectivity index (χ2n) is 22.1. The van der Waals surface area contributed by atoms with Crippen molar-refractivity contribution in [2.75, 3.05) is 114 Å². The molecular weight excluding hydrogens is 1240 g/mol. The minimum Gasteiger partial charge on any atom is -0.366 e. The van der Waals surface area contributed by atoms with Gasteiger partial charge in [0.25, 0.3) is 34.4 Å². The van der Waals surface area contributed by atoms with Crippen LogP contribution in [0.15, 0.2) is 140 Å². The SMILES string of the molecule is CN(C)CCn1c(=O)c(C#N)c(N2CCN(C(=O)c3ccc(Cl)cc3)CC2)c2cc(Cl)ccc21.Cn1c(=O)c(C#N)c(N2CCN(C(=O)c3ccc(Cl)cc3)CC2)c2cc(Cl)ccc21.Cn1c(=O)c(C#N)c(N2CCN(C(=O)c3ccno3)CC2)c2ccccc21. The van der Waals surface area contributed by atoms with Crippen molar-refractivity contribution in [3.05, 3.63) is 206 Å². The van der Waals surface area contributed by atoms with E-state index in [2.05, 4.69) is 23.4 Å². The standard InChI is InChI=1S/C25H25Cl2N5O2.C22H18Cl2N4O2.C19H17N5O3/c1-29(2)9-14-32-22-8-7-19(27)15-20(22)23(21(16-28)25(32)34)30-10-12-31(13-11-30)24(33)17-3-5-18(26)6-4-17;1-26-19-7-6-16(24)12-17(19)20(18(13-25)22(26)30)27-8-10-28(11-9-27)21(29)14-2-4-15(23)5-3-14;1-22-15-5-3-2-4-13(15)17(14(12-20)18(22)25)23-8-10-24(11-9-23)19(26)16-6-7-21-27-16/h3-8,15H,9-14H2,1-2H3;2-7,12H,8-11H2,1H3;2-7H,8-11H2,1H3. The number of anilines is 3. The van der Waals surface area contributed by atoms with Gasteiger partial charge >= 0.3 is 0 Å². The van der Waals surface area contributed by atoms with Crippen molar-refractivity contribution >= 4 is 114 Å². The number of rotatable bonds is 9. The fraction of sp³-hybridized carbons (Fsp3) is 0.273. The molecule has 4 aromatic heterocycles. The van der Waals surface area contributed by atoms with E-state index in [1.54, 1.807) is 106 Å². The van der Waals surface area contributed by atoms with Gasteiger partial charge in [0.15, 0.2) is 0 Å².